The molecule has 0 unspecified atom stereocenters. The van der Waals surface area contributed by atoms with Crippen LogP contribution in [0.2, 0.25) is 5.02 Å². The summed E-state index contributed by atoms with van der Waals surface area (Å²) in [6, 6.07) is 17.6. The minimum absolute atomic E-state index is 0.222. The predicted molar refractivity (Wildman–Crippen MR) is 111 cm³/mol. The summed E-state index contributed by atoms with van der Waals surface area (Å²) in [5.41, 5.74) is 3.60. The summed E-state index contributed by atoms with van der Waals surface area (Å²) in [4.78, 5) is 7.36. The first-order valence-electron chi connectivity index (χ1n) is 9.98. The van der Waals surface area contributed by atoms with Crippen LogP contribution in [-0.2, 0) is 0 Å². The second-order valence-electron chi connectivity index (χ2n) is 8.21. The third-order valence-electron chi connectivity index (χ3n) is 6.60. The van der Waals surface area contributed by atoms with Gasteiger partial charge >= 0.3 is 0 Å². The molecule has 4 atom stereocenters. The normalized spacial score (nSPS) is 27.2. The van der Waals surface area contributed by atoms with Crippen LogP contribution in [0.1, 0.15) is 48.1 Å². The fraction of sp³-hybridized carbons (Fsp3) is 0.391. The van der Waals surface area contributed by atoms with Gasteiger partial charge in [0.1, 0.15) is 0 Å². The Morgan fingerprint density at radius 3 is 2.54 bits per heavy atom. The molecule has 2 fully saturated rings. The molecular weight excluding hydrogens is 370 g/mol. The molecule has 1 aromatic heterocycles. The van der Waals surface area contributed by atoms with Crippen LogP contribution in [0, 0.1) is 6.92 Å². The molecule has 0 spiro atoms. The van der Waals surface area contributed by atoms with Crippen LogP contribution in [0.5, 0.6) is 0 Å². The number of likely N-dealkylation sites (N-methyl/N-ethyl adjacent to an activating group) is 1. The lowest BCUT2D eigenvalue weighted by atomic mass is 9.76. The largest absolute Gasteiger partial charge is 0.339 e. The van der Waals surface area contributed by atoms with Gasteiger partial charge in [0.05, 0.1) is 5.92 Å². The first-order chi connectivity index (χ1) is 13.6. The van der Waals surface area contributed by atoms with Crippen molar-refractivity contribution >= 4 is 11.6 Å². The molecule has 0 radical (unpaired) electrons. The van der Waals surface area contributed by atoms with Gasteiger partial charge in [0.25, 0.3) is 0 Å². The SMILES string of the molecule is Cc1ccc([C@H]2C[C@@H]3CC[C@H]([C@@H]2c2nc(-c4ccc(Cl)cc4)no2)N3C)cc1. The monoisotopic (exact) mass is 393 g/mol. The second kappa shape index (κ2) is 7.02. The zero-order valence-corrected chi connectivity index (χ0v) is 16.9. The van der Waals surface area contributed by atoms with Crippen molar-refractivity contribution < 1.29 is 4.52 Å². The molecule has 2 bridgehead atoms. The quantitative estimate of drug-likeness (QED) is 0.594. The van der Waals surface area contributed by atoms with Gasteiger partial charge in [-0.2, -0.15) is 4.98 Å². The lowest BCUT2D eigenvalue weighted by molar-refractivity contribution is 0.120. The second-order valence-corrected chi connectivity index (χ2v) is 8.64. The third kappa shape index (κ3) is 3.05. The van der Waals surface area contributed by atoms with E-state index >= 15 is 0 Å². The van der Waals surface area contributed by atoms with Crippen molar-refractivity contribution in [3.63, 3.8) is 0 Å². The zero-order valence-electron chi connectivity index (χ0n) is 16.2. The van der Waals surface area contributed by atoms with E-state index in [1.165, 1.54) is 24.0 Å². The van der Waals surface area contributed by atoms with Crippen LogP contribution in [0.25, 0.3) is 11.4 Å². The van der Waals surface area contributed by atoms with E-state index in [-0.39, 0.29) is 5.92 Å². The van der Waals surface area contributed by atoms with E-state index in [0.29, 0.717) is 28.8 Å². The Kier molecular flexibility index (Phi) is 4.48. The number of hydrogen-bond acceptors (Lipinski definition) is 4. The Morgan fingerprint density at radius 2 is 1.79 bits per heavy atom. The fourth-order valence-electron chi connectivity index (χ4n) is 5.05. The average Bonchev–Trinajstić information content (AvgIpc) is 3.26. The molecule has 5 heteroatoms. The number of benzene rings is 2. The molecule has 0 N–H and O–H groups in total. The van der Waals surface area contributed by atoms with E-state index in [4.69, 9.17) is 21.1 Å². The molecule has 4 nitrogen and oxygen atoms in total. The van der Waals surface area contributed by atoms with Crippen LogP contribution < -0.4 is 0 Å². The molecule has 2 saturated heterocycles. The van der Waals surface area contributed by atoms with Gasteiger partial charge in [-0.3, -0.25) is 4.90 Å². The molecule has 2 aliphatic heterocycles. The maximum absolute atomic E-state index is 6.01. The van der Waals surface area contributed by atoms with Crippen LogP contribution >= 0.6 is 11.6 Å². The van der Waals surface area contributed by atoms with Gasteiger partial charge in [0, 0.05) is 22.7 Å². The van der Waals surface area contributed by atoms with Crippen molar-refractivity contribution in [3.8, 4) is 11.4 Å². The minimum Gasteiger partial charge on any atom is -0.339 e. The summed E-state index contributed by atoms with van der Waals surface area (Å²) < 4.78 is 5.84. The summed E-state index contributed by atoms with van der Waals surface area (Å²) in [7, 11) is 2.25. The fourth-order valence-corrected chi connectivity index (χ4v) is 5.17. The molecule has 3 aromatic rings. The summed E-state index contributed by atoms with van der Waals surface area (Å²) in [5, 5.41) is 5.00. The van der Waals surface area contributed by atoms with Gasteiger partial charge in [-0.05, 0) is 69.0 Å². The van der Waals surface area contributed by atoms with Gasteiger partial charge in [-0.25, -0.2) is 0 Å². The van der Waals surface area contributed by atoms with Crippen molar-refractivity contribution in [2.75, 3.05) is 7.05 Å². The van der Waals surface area contributed by atoms with E-state index < -0.39 is 0 Å². The number of fused-ring (bicyclic) bond motifs is 2. The van der Waals surface area contributed by atoms with Gasteiger partial charge < -0.3 is 4.52 Å². The molecule has 2 aromatic carbocycles. The van der Waals surface area contributed by atoms with Crippen LogP contribution in [0.15, 0.2) is 53.1 Å². The first-order valence-corrected chi connectivity index (χ1v) is 10.4. The lowest BCUT2D eigenvalue weighted by Gasteiger charge is -2.41. The maximum Gasteiger partial charge on any atom is 0.232 e. The topological polar surface area (TPSA) is 42.2 Å². The Morgan fingerprint density at radius 1 is 1.04 bits per heavy atom. The highest BCUT2D eigenvalue weighted by atomic mass is 35.5. The molecule has 3 heterocycles. The molecule has 0 saturated carbocycles. The predicted octanol–water partition coefficient (Wildman–Crippen LogP) is 5.43. The Labute approximate surface area is 170 Å². The molecule has 144 valence electrons. The summed E-state index contributed by atoms with van der Waals surface area (Å²) >= 11 is 6.01. The summed E-state index contributed by atoms with van der Waals surface area (Å²) in [6.07, 6.45) is 3.57. The van der Waals surface area contributed by atoms with Crippen molar-refractivity contribution in [1.82, 2.24) is 15.0 Å². The standard InChI is InChI=1S/C23H24ClN3O/c1-14-3-5-15(6-4-14)19-13-18-11-12-20(27(18)2)21(19)23-25-22(26-28-23)16-7-9-17(24)10-8-16/h3-10,18-21H,11-13H2,1-2H3/t18-,19+,20+,21+/m0/s1. The number of halogens is 1. The Balaban J connectivity index is 1.53. The number of aryl methyl sites for hydroxylation is 1. The maximum atomic E-state index is 6.01. The minimum atomic E-state index is 0.222. The van der Waals surface area contributed by atoms with Crippen molar-refractivity contribution in [2.24, 2.45) is 0 Å². The van der Waals surface area contributed by atoms with Crippen molar-refractivity contribution in [2.45, 2.75) is 50.1 Å². The molecular formula is C23H24ClN3O. The number of rotatable bonds is 3. The number of aromatic nitrogens is 2. The van der Waals surface area contributed by atoms with Gasteiger partial charge in [-0.1, -0.05) is 46.6 Å². The highest BCUT2D eigenvalue weighted by Crippen LogP contribution is 2.50. The van der Waals surface area contributed by atoms with E-state index in [1.54, 1.807) is 0 Å². The van der Waals surface area contributed by atoms with Crippen LogP contribution in [-0.4, -0.2) is 34.2 Å². The van der Waals surface area contributed by atoms with E-state index in [9.17, 15) is 0 Å². The third-order valence-corrected chi connectivity index (χ3v) is 6.86. The first kappa shape index (κ1) is 17.9. The van der Waals surface area contributed by atoms with Gasteiger partial charge in [-0.15, -0.1) is 0 Å². The smallest absolute Gasteiger partial charge is 0.232 e. The summed E-state index contributed by atoms with van der Waals surface area (Å²) in [5.74, 6) is 2.03. The van der Waals surface area contributed by atoms with Crippen LogP contribution in [0.3, 0.4) is 0 Å². The van der Waals surface area contributed by atoms with Crippen LogP contribution in [0.4, 0.5) is 0 Å². The van der Waals surface area contributed by atoms with Crippen molar-refractivity contribution in [3.05, 3.63) is 70.6 Å². The highest BCUT2D eigenvalue weighted by molar-refractivity contribution is 6.30. The molecule has 0 amide bonds. The van der Waals surface area contributed by atoms with Gasteiger partial charge in [0.15, 0.2) is 0 Å². The Bertz CT molecular complexity index is 966. The van der Waals surface area contributed by atoms with Gasteiger partial charge in [0.2, 0.25) is 11.7 Å². The van der Waals surface area contributed by atoms with E-state index in [1.807, 2.05) is 24.3 Å². The number of piperidine rings is 1. The molecule has 0 aliphatic carbocycles. The molecule has 2 aliphatic rings. The van der Waals surface area contributed by atoms with Crippen molar-refractivity contribution in [1.29, 1.82) is 0 Å². The molecule has 28 heavy (non-hydrogen) atoms. The van der Waals surface area contributed by atoms with E-state index in [0.717, 1.165) is 17.9 Å². The summed E-state index contributed by atoms with van der Waals surface area (Å²) in [6.45, 7) is 2.13. The highest BCUT2D eigenvalue weighted by Gasteiger charge is 2.48. The molecule has 5 rings (SSSR count). The lowest BCUT2D eigenvalue weighted by Crippen LogP contribution is -2.44. The number of hydrogen-bond donors (Lipinski definition) is 0. The Hall–Kier alpha value is -2.17. The van der Waals surface area contributed by atoms with E-state index in [2.05, 4.69) is 48.3 Å². The number of nitrogens with zero attached hydrogens (tertiary/aromatic N) is 3. The average molecular weight is 394 g/mol. The zero-order chi connectivity index (χ0) is 19.3.